The van der Waals surface area contributed by atoms with Gasteiger partial charge in [0.25, 0.3) is 5.91 Å². The van der Waals surface area contributed by atoms with Gasteiger partial charge in [-0.25, -0.2) is 0 Å². The quantitative estimate of drug-likeness (QED) is 0.900. The minimum absolute atomic E-state index is 0.0396. The Morgan fingerprint density at radius 2 is 2.00 bits per heavy atom. The van der Waals surface area contributed by atoms with Gasteiger partial charge in [0.2, 0.25) is 5.91 Å². The first-order chi connectivity index (χ1) is 12.5. The van der Waals surface area contributed by atoms with Crippen LogP contribution >= 0.6 is 0 Å². The van der Waals surface area contributed by atoms with Crippen LogP contribution in [0.1, 0.15) is 35.8 Å². The summed E-state index contributed by atoms with van der Waals surface area (Å²) >= 11 is 0. The number of piperidine rings is 1. The predicted molar refractivity (Wildman–Crippen MR) is 99.4 cm³/mol. The molecule has 2 atom stereocenters. The molecule has 0 radical (unpaired) electrons. The molecule has 4 heterocycles. The van der Waals surface area contributed by atoms with Crippen LogP contribution in [0.5, 0.6) is 5.75 Å². The number of rotatable bonds is 2. The number of nitrogens with one attached hydrogen (secondary N) is 1. The third kappa shape index (κ3) is 2.73. The summed E-state index contributed by atoms with van der Waals surface area (Å²) in [5.41, 5.74) is 2.54. The van der Waals surface area contributed by atoms with Gasteiger partial charge in [0, 0.05) is 43.5 Å². The maximum Gasteiger partial charge on any atom is 0.270 e. The Balaban J connectivity index is 1.66. The number of ether oxygens (including phenoxy) is 1. The molecule has 3 fully saturated rings. The van der Waals surface area contributed by atoms with Gasteiger partial charge < -0.3 is 19.5 Å². The fourth-order valence-electron chi connectivity index (χ4n) is 4.38. The summed E-state index contributed by atoms with van der Waals surface area (Å²) in [5.74, 6) is 1.29. The zero-order valence-corrected chi connectivity index (χ0v) is 15.5. The summed E-state index contributed by atoms with van der Waals surface area (Å²) in [4.78, 5) is 32.4. The van der Waals surface area contributed by atoms with Crippen LogP contribution in [0.3, 0.4) is 0 Å². The van der Waals surface area contributed by atoms with Crippen molar-refractivity contribution in [3.05, 3.63) is 29.5 Å². The number of fused-ring (bicyclic) bond motifs is 5. The van der Waals surface area contributed by atoms with E-state index in [1.807, 2.05) is 34.9 Å². The number of hydrogen-bond acceptors (Lipinski definition) is 3. The van der Waals surface area contributed by atoms with Crippen molar-refractivity contribution in [2.24, 2.45) is 5.92 Å². The number of methoxy groups -OCH3 is 1. The number of H-pyrrole nitrogens is 1. The molecule has 1 aromatic carbocycles. The zero-order chi connectivity index (χ0) is 18.4. The SMILES string of the molecule is COc1ccc2[nH]c(C(=O)N3C[C@@H]4CC[C@H]3CN(C(C)=O)C4)c(C)c2c1. The van der Waals surface area contributed by atoms with Crippen LogP contribution in [0, 0.1) is 12.8 Å². The monoisotopic (exact) mass is 355 g/mol. The third-order valence-electron chi connectivity index (χ3n) is 5.90. The van der Waals surface area contributed by atoms with E-state index in [1.165, 1.54) is 0 Å². The molecule has 0 saturated carbocycles. The first kappa shape index (κ1) is 16.9. The topological polar surface area (TPSA) is 65.6 Å². The summed E-state index contributed by atoms with van der Waals surface area (Å²) in [6.45, 7) is 5.73. The van der Waals surface area contributed by atoms with Gasteiger partial charge in [0.1, 0.15) is 11.4 Å². The van der Waals surface area contributed by atoms with Gasteiger partial charge in [0.05, 0.1) is 7.11 Å². The van der Waals surface area contributed by atoms with Gasteiger partial charge in [-0.2, -0.15) is 0 Å². The molecule has 0 unspecified atom stereocenters. The lowest BCUT2D eigenvalue weighted by atomic mass is 9.94. The summed E-state index contributed by atoms with van der Waals surface area (Å²) in [7, 11) is 1.64. The predicted octanol–water partition coefficient (Wildman–Crippen LogP) is 2.57. The Hall–Kier alpha value is -2.50. The molecule has 3 aliphatic rings. The normalized spacial score (nSPS) is 22.6. The number of aromatic amines is 1. The highest BCUT2D eigenvalue weighted by Gasteiger charge is 2.38. The Bertz CT molecular complexity index is 873. The van der Waals surface area contributed by atoms with Crippen LogP contribution in [0.4, 0.5) is 0 Å². The van der Waals surface area contributed by atoms with Crippen LogP contribution in [0.25, 0.3) is 10.9 Å². The number of aromatic nitrogens is 1. The Morgan fingerprint density at radius 3 is 2.73 bits per heavy atom. The zero-order valence-electron chi connectivity index (χ0n) is 15.5. The third-order valence-corrected chi connectivity index (χ3v) is 5.90. The van der Waals surface area contributed by atoms with Crippen molar-refractivity contribution < 1.29 is 14.3 Å². The Kier molecular flexibility index (Phi) is 4.13. The van der Waals surface area contributed by atoms with Gasteiger partial charge in [-0.1, -0.05) is 0 Å². The molecule has 6 nitrogen and oxygen atoms in total. The summed E-state index contributed by atoms with van der Waals surface area (Å²) in [5, 5.41) is 1.01. The average Bonchev–Trinajstić information content (AvgIpc) is 2.81. The van der Waals surface area contributed by atoms with E-state index >= 15 is 0 Å². The highest BCUT2D eigenvalue weighted by atomic mass is 16.5. The standard InChI is InChI=1S/C20H25N3O3/c1-12-17-8-16(26-3)6-7-18(17)21-19(12)20(25)23-10-14-4-5-15(23)11-22(9-14)13(2)24/h6-8,14-15,21H,4-5,9-11H2,1-3H3/t14-,15+/m1/s1. The van der Waals surface area contributed by atoms with E-state index in [4.69, 9.17) is 4.74 Å². The number of carbonyl (C=O) groups is 2. The van der Waals surface area contributed by atoms with E-state index in [1.54, 1.807) is 14.0 Å². The molecule has 26 heavy (non-hydrogen) atoms. The van der Waals surface area contributed by atoms with E-state index < -0.39 is 0 Å². The Morgan fingerprint density at radius 1 is 1.19 bits per heavy atom. The van der Waals surface area contributed by atoms with Crippen LogP contribution in [-0.2, 0) is 4.79 Å². The van der Waals surface area contributed by atoms with Crippen LogP contribution in [0.15, 0.2) is 18.2 Å². The van der Waals surface area contributed by atoms with Gasteiger partial charge >= 0.3 is 0 Å². The van der Waals surface area contributed by atoms with Crippen molar-refractivity contribution in [3.63, 3.8) is 0 Å². The summed E-state index contributed by atoms with van der Waals surface area (Å²) in [6, 6.07) is 5.91. The fraction of sp³-hybridized carbons (Fsp3) is 0.500. The molecule has 0 spiro atoms. The highest BCUT2D eigenvalue weighted by molar-refractivity contribution is 6.01. The van der Waals surface area contributed by atoms with Crippen molar-refractivity contribution in [1.82, 2.24) is 14.8 Å². The molecule has 1 aromatic heterocycles. The number of amides is 2. The molecule has 138 valence electrons. The van der Waals surface area contributed by atoms with E-state index in [2.05, 4.69) is 4.98 Å². The number of aryl methyl sites for hydroxylation is 1. The average molecular weight is 355 g/mol. The maximum atomic E-state index is 13.3. The van der Waals surface area contributed by atoms with Crippen LogP contribution in [0.2, 0.25) is 0 Å². The van der Waals surface area contributed by atoms with E-state index in [9.17, 15) is 9.59 Å². The van der Waals surface area contributed by atoms with Crippen LogP contribution < -0.4 is 4.74 Å². The summed E-state index contributed by atoms with van der Waals surface area (Å²) in [6.07, 6.45) is 2.05. The lowest BCUT2D eigenvalue weighted by Crippen LogP contribution is -2.47. The Labute approximate surface area is 153 Å². The second kappa shape index (κ2) is 6.34. The van der Waals surface area contributed by atoms with E-state index in [-0.39, 0.29) is 17.9 Å². The lowest BCUT2D eigenvalue weighted by molar-refractivity contribution is -0.129. The maximum absolute atomic E-state index is 13.3. The van der Waals surface area contributed by atoms with Gasteiger partial charge in [-0.15, -0.1) is 0 Å². The fourth-order valence-corrected chi connectivity index (χ4v) is 4.38. The van der Waals surface area contributed by atoms with Crippen LogP contribution in [-0.4, -0.2) is 59.4 Å². The van der Waals surface area contributed by atoms with Crippen molar-refractivity contribution in [2.45, 2.75) is 32.7 Å². The molecule has 3 aliphatic heterocycles. The smallest absolute Gasteiger partial charge is 0.270 e. The molecule has 5 rings (SSSR count). The number of carbonyl (C=O) groups excluding carboxylic acids is 2. The molecular weight excluding hydrogens is 330 g/mol. The van der Waals surface area contributed by atoms with Crippen molar-refractivity contribution >= 4 is 22.7 Å². The molecule has 1 N–H and O–H groups in total. The molecule has 6 heteroatoms. The molecular formula is C20H25N3O3. The minimum atomic E-state index is 0.0396. The molecule has 3 saturated heterocycles. The second-order valence-electron chi connectivity index (χ2n) is 7.52. The molecule has 2 amide bonds. The number of hydrogen-bond donors (Lipinski definition) is 1. The molecule has 2 bridgehead atoms. The van der Waals surface area contributed by atoms with Gasteiger partial charge in [0.15, 0.2) is 0 Å². The van der Waals surface area contributed by atoms with E-state index in [0.717, 1.165) is 48.1 Å². The first-order valence-corrected chi connectivity index (χ1v) is 9.20. The largest absolute Gasteiger partial charge is 0.497 e. The van der Waals surface area contributed by atoms with Crippen molar-refractivity contribution in [1.29, 1.82) is 0 Å². The number of nitrogens with zero attached hydrogens (tertiary/aromatic N) is 2. The van der Waals surface area contributed by atoms with Crippen molar-refractivity contribution in [2.75, 3.05) is 26.7 Å². The lowest BCUT2D eigenvalue weighted by Gasteiger charge is -2.36. The van der Waals surface area contributed by atoms with E-state index in [0.29, 0.717) is 18.2 Å². The van der Waals surface area contributed by atoms with Crippen molar-refractivity contribution in [3.8, 4) is 5.75 Å². The summed E-state index contributed by atoms with van der Waals surface area (Å²) < 4.78 is 5.31. The van der Waals surface area contributed by atoms with Gasteiger partial charge in [-0.3, -0.25) is 9.59 Å². The number of benzene rings is 1. The first-order valence-electron chi connectivity index (χ1n) is 9.20. The minimum Gasteiger partial charge on any atom is -0.497 e. The second-order valence-corrected chi connectivity index (χ2v) is 7.52. The highest BCUT2D eigenvalue weighted by Crippen LogP contribution is 2.32. The molecule has 0 aliphatic carbocycles. The molecule has 2 aromatic rings. The van der Waals surface area contributed by atoms with Gasteiger partial charge in [-0.05, 0) is 49.4 Å².